The summed E-state index contributed by atoms with van der Waals surface area (Å²) in [4.78, 5) is 14.8. The summed E-state index contributed by atoms with van der Waals surface area (Å²) in [5.74, 6) is -0.132. The van der Waals surface area contributed by atoms with Gasteiger partial charge in [0.05, 0.1) is 23.4 Å². The van der Waals surface area contributed by atoms with Crippen molar-refractivity contribution in [3.63, 3.8) is 0 Å². The molecule has 7 nitrogen and oxygen atoms in total. The second-order valence-corrected chi connectivity index (χ2v) is 7.08. The second kappa shape index (κ2) is 10.2. The van der Waals surface area contributed by atoms with Crippen LogP contribution in [0.3, 0.4) is 0 Å². The lowest BCUT2D eigenvalue weighted by Crippen LogP contribution is -2.13. The lowest BCUT2D eigenvalue weighted by atomic mass is 10.2. The smallest absolute Gasteiger partial charge is 0.416 e. The van der Waals surface area contributed by atoms with Crippen LogP contribution in [0.5, 0.6) is 11.5 Å². The molecule has 0 bridgehead atoms. The lowest BCUT2D eigenvalue weighted by molar-refractivity contribution is -0.138. The van der Waals surface area contributed by atoms with Crippen molar-refractivity contribution in [2.24, 2.45) is 10.1 Å². The number of halogens is 3. The van der Waals surface area contributed by atoms with Crippen molar-refractivity contribution in [3.8, 4) is 11.5 Å². The number of carbonyl (C=O) groups is 1. The van der Waals surface area contributed by atoms with Crippen molar-refractivity contribution >= 4 is 23.7 Å². The molecule has 0 aliphatic carbocycles. The maximum Gasteiger partial charge on any atom is 0.416 e. The molecule has 2 aromatic rings. The summed E-state index contributed by atoms with van der Waals surface area (Å²) in [6.45, 7) is 0.656. The van der Waals surface area contributed by atoms with E-state index in [4.69, 9.17) is 9.84 Å². The highest BCUT2D eigenvalue weighted by molar-refractivity contribution is 5.98. The number of hydrogen-bond acceptors (Lipinski definition) is 6. The topological polar surface area (TPSA) is 94.7 Å². The molecule has 32 heavy (non-hydrogen) atoms. The third-order valence-electron chi connectivity index (χ3n) is 4.68. The molecule has 0 radical (unpaired) electrons. The minimum absolute atomic E-state index is 0.0508. The van der Waals surface area contributed by atoms with Crippen LogP contribution in [-0.2, 0) is 11.0 Å². The molecule has 0 unspecified atom stereocenters. The van der Waals surface area contributed by atoms with Crippen LogP contribution in [-0.4, -0.2) is 41.4 Å². The van der Waals surface area contributed by atoms with Gasteiger partial charge in [0, 0.05) is 25.6 Å². The summed E-state index contributed by atoms with van der Waals surface area (Å²) < 4.78 is 44.5. The normalized spacial score (nSPS) is 14.1. The highest BCUT2D eigenvalue weighted by Gasteiger charge is 2.31. The van der Waals surface area contributed by atoms with Gasteiger partial charge in [-0.3, -0.25) is 9.80 Å². The molecule has 0 amide bonds. The Balaban J connectivity index is 1.68. The summed E-state index contributed by atoms with van der Waals surface area (Å²) in [5.41, 5.74) is -0.0922. The molecule has 3 rings (SSSR count). The van der Waals surface area contributed by atoms with Crippen molar-refractivity contribution in [2.45, 2.75) is 31.9 Å². The first-order valence-electron chi connectivity index (χ1n) is 9.97. The van der Waals surface area contributed by atoms with Gasteiger partial charge in [-0.2, -0.15) is 18.3 Å². The Morgan fingerprint density at radius 3 is 2.75 bits per heavy atom. The van der Waals surface area contributed by atoms with Gasteiger partial charge in [0.2, 0.25) is 0 Å². The number of rotatable bonds is 8. The Hall–Kier alpha value is -3.56. The zero-order valence-electron chi connectivity index (χ0n) is 17.0. The number of carboxylic acid groups (broad SMARTS) is 1. The number of ether oxygens (including phenoxy) is 1. The summed E-state index contributed by atoms with van der Waals surface area (Å²) in [6.07, 6.45) is -1.55. The molecule has 10 heteroatoms. The van der Waals surface area contributed by atoms with Crippen molar-refractivity contribution in [1.29, 1.82) is 0 Å². The highest BCUT2D eigenvalue weighted by Crippen LogP contribution is 2.32. The van der Waals surface area contributed by atoms with Crippen molar-refractivity contribution in [1.82, 2.24) is 0 Å². The number of phenolic OH excluding ortho intramolecular Hbond substituents is 1. The number of unbranched alkanes of at least 4 members (excludes halogenated alkanes) is 1. The van der Waals surface area contributed by atoms with Crippen LogP contribution in [0.1, 0.15) is 36.8 Å². The van der Waals surface area contributed by atoms with Crippen molar-refractivity contribution < 1.29 is 32.9 Å². The molecular formula is C22H22F3N3O4. The quantitative estimate of drug-likeness (QED) is 0.451. The molecule has 0 spiro atoms. The Kier molecular flexibility index (Phi) is 7.34. The number of carboxylic acids is 1. The van der Waals surface area contributed by atoms with Gasteiger partial charge in [0.1, 0.15) is 11.5 Å². The van der Waals surface area contributed by atoms with E-state index < -0.39 is 17.7 Å². The van der Waals surface area contributed by atoms with Crippen LogP contribution >= 0.6 is 0 Å². The Labute approximate surface area is 182 Å². The molecule has 0 saturated heterocycles. The fourth-order valence-corrected chi connectivity index (χ4v) is 3.05. The largest absolute Gasteiger partial charge is 0.507 e. The van der Waals surface area contributed by atoms with Crippen LogP contribution in [0.4, 0.5) is 18.9 Å². The fourth-order valence-electron chi connectivity index (χ4n) is 3.05. The van der Waals surface area contributed by atoms with E-state index in [-0.39, 0.29) is 18.8 Å². The number of aromatic hydroxyl groups is 1. The number of amidine groups is 1. The van der Waals surface area contributed by atoms with E-state index in [1.807, 2.05) is 0 Å². The van der Waals surface area contributed by atoms with E-state index in [9.17, 15) is 23.1 Å². The number of hydrogen-bond donors (Lipinski definition) is 2. The van der Waals surface area contributed by atoms with Crippen molar-refractivity contribution in [3.05, 3.63) is 53.6 Å². The molecule has 0 aromatic heterocycles. The number of phenols is 1. The molecule has 0 saturated carbocycles. The molecule has 0 atom stereocenters. The van der Waals surface area contributed by atoms with Gasteiger partial charge < -0.3 is 14.9 Å². The van der Waals surface area contributed by atoms with Crippen molar-refractivity contribution in [2.75, 3.05) is 18.2 Å². The minimum atomic E-state index is -4.44. The van der Waals surface area contributed by atoms with Gasteiger partial charge in [-0.15, -0.1) is 0 Å². The van der Waals surface area contributed by atoms with E-state index in [1.54, 1.807) is 18.2 Å². The SMILES string of the molecule is O=C(O)CCCCOc1cccc(O)c1C=NC1=NN(c2cccc(C(F)(F)F)c2)CC1. The maximum atomic E-state index is 12.9. The second-order valence-electron chi connectivity index (χ2n) is 7.08. The van der Waals surface area contributed by atoms with Gasteiger partial charge in [0.25, 0.3) is 0 Å². The predicted molar refractivity (Wildman–Crippen MR) is 114 cm³/mol. The van der Waals surface area contributed by atoms with Crippen LogP contribution in [0, 0.1) is 0 Å². The fraction of sp³-hybridized carbons (Fsp3) is 0.318. The zero-order chi connectivity index (χ0) is 23.1. The summed E-state index contributed by atoms with van der Waals surface area (Å²) in [7, 11) is 0. The van der Waals surface area contributed by atoms with Gasteiger partial charge in [0.15, 0.2) is 5.84 Å². The molecule has 2 N–H and O–H groups in total. The monoisotopic (exact) mass is 449 g/mol. The first-order valence-corrected chi connectivity index (χ1v) is 9.97. The Morgan fingerprint density at radius 2 is 2.00 bits per heavy atom. The number of alkyl halides is 3. The van der Waals surface area contributed by atoms with E-state index in [2.05, 4.69) is 10.1 Å². The third-order valence-corrected chi connectivity index (χ3v) is 4.68. The van der Waals surface area contributed by atoms with E-state index in [0.29, 0.717) is 48.6 Å². The standard InChI is InChI=1S/C22H22F3N3O4/c23-22(24,25)15-5-3-6-16(13-15)28-11-10-20(27-28)26-14-17-18(29)7-4-8-19(17)32-12-2-1-9-21(30)31/h3-8,13-14,29H,1-2,9-12H2,(H,30,31). The first-order chi connectivity index (χ1) is 15.2. The van der Waals surface area contributed by atoms with E-state index >= 15 is 0 Å². The summed E-state index contributed by atoms with van der Waals surface area (Å²) in [6, 6.07) is 9.66. The van der Waals surface area contributed by atoms with Gasteiger partial charge in [-0.1, -0.05) is 12.1 Å². The number of anilines is 1. The molecule has 170 valence electrons. The van der Waals surface area contributed by atoms with Gasteiger partial charge >= 0.3 is 12.1 Å². The summed E-state index contributed by atoms with van der Waals surface area (Å²) in [5, 5.41) is 24.6. The predicted octanol–water partition coefficient (Wildman–Crippen LogP) is 4.69. The molecule has 2 aromatic carbocycles. The molecular weight excluding hydrogens is 427 g/mol. The number of hydrazone groups is 1. The zero-order valence-corrected chi connectivity index (χ0v) is 17.0. The van der Waals surface area contributed by atoms with E-state index in [1.165, 1.54) is 23.4 Å². The minimum Gasteiger partial charge on any atom is -0.507 e. The number of aliphatic imine (C=N–C) groups is 1. The van der Waals surface area contributed by atoms with Crippen LogP contribution in [0.2, 0.25) is 0 Å². The maximum absolute atomic E-state index is 12.9. The van der Waals surface area contributed by atoms with Crippen LogP contribution in [0.25, 0.3) is 0 Å². The van der Waals surface area contributed by atoms with Crippen LogP contribution in [0.15, 0.2) is 52.6 Å². The average Bonchev–Trinajstić information content (AvgIpc) is 3.21. The Morgan fingerprint density at radius 1 is 1.22 bits per heavy atom. The third kappa shape index (κ3) is 6.22. The van der Waals surface area contributed by atoms with Gasteiger partial charge in [-0.05, 0) is 43.2 Å². The van der Waals surface area contributed by atoms with E-state index in [0.717, 1.165) is 12.1 Å². The van der Waals surface area contributed by atoms with Gasteiger partial charge in [-0.25, -0.2) is 4.99 Å². The molecule has 0 fully saturated rings. The average molecular weight is 449 g/mol. The number of nitrogens with zero attached hydrogens (tertiary/aromatic N) is 3. The lowest BCUT2D eigenvalue weighted by Gasteiger charge is -2.15. The van der Waals surface area contributed by atoms with Crippen LogP contribution < -0.4 is 9.75 Å². The summed E-state index contributed by atoms with van der Waals surface area (Å²) >= 11 is 0. The number of benzene rings is 2. The molecule has 1 aliphatic rings. The Bertz CT molecular complexity index is 1020. The number of aliphatic carboxylic acids is 1. The first kappa shape index (κ1) is 23.1. The molecule has 1 aliphatic heterocycles. The highest BCUT2D eigenvalue weighted by atomic mass is 19.4. The molecule has 1 heterocycles.